The summed E-state index contributed by atoms with van der Waals surface area (Å²) in [6.07, 6.45) is 3.44. The Kier molecular flexibility index (Phi) is 3.07. The van der Waals surface area contributed by atoms with Gasteiger partial charge in [-0.1, -0.05) is 5.16 Å². The van der Waals surface area contributed by atoms with Gasteiger partial charge in [0.15, 0.2) is 0 Å². The molecule has 0 bridgehead atoms. The van der Waals surface area contributed by atoms with Crippen LogP contribution in [0.1, 0.15) is 36.3 Å². The van der Waals surface area contributed by atoms with Crippen molar-refractivity contribution in [1.82, 2.24) is 5.16 Å². The maximum Gasteiger partial charge on any atom is 0.139 e. The van der Waals surface area contributed by atoms with Gasteiger partial charge in [-0.05, 0) is 33.1 Å². The lowest BCUT2D eigenvalue weighted by Crippen LogP contribution is -2.17. The van der Waals surface area contributed by atoms with E-state index in [-0.39, 0.29) is 0 Å². The molecule has 1 aromatic heterocycles. The first-order chi connectivity index (χ1) is 7.16. The molecule has 1 heterocycles. The number of nitrogens with zero attached hydrogens (tertiary/aromatic N) is 1. The molecule has 4 nitrogen and oxygen atoms in total. The molecule has 15 heavy (non-hydrogen) atoms. The summed E-state index contributed by atoms with van der Waals surface area (Å²) in [5.41, 5.74) is 7.83. The van der Waals surface area contributed by atoms with Crippen molar-refractivity contribution in [3.63, 3.8) is 0 Å². The normalized spacial score (nSPS) is 26.1. The summed E-state index contributed by atoms with van der Waals surface area (Å²) in [7, 11) is 0. The molecule has 0 spiro atoms. The Labute approximate surface area is 89.8 Å². The van der Waals surface area contributed by atoms with E-state index < -0.39 is 0 Å². The third-order valence-electron chi connectivity index (χ3n) is 3.07. The Morgan fingerprint density at radius 1 is 1.47 bits per heavy atom. The van der Waals surface area contributed by atoms with E-state index in [9.17, 15) is 0 Å². The lowest BCUT2D eigenvalue weighted by Gasteiger charge is -2.10. The van der Waals surface area contributed by atoms with Crippen molar-refractivity contribution in [2.24, 2.45) is 5.73 Å². The Morgan fingerprint density at radius 3 is 2.80 bits per heavy atom. The van der Waals surface area contributed by atoms with E-state index in [0.29, 0.717) is 18.8 Å². The summed E-state index contributed by atoms with van der Waals surface area (Å²) < 4.78 is 10.9. The van der Waals surface area contributed by atoms with Gasteiger partial charge >= 0.3 is 0 Å². The molecule has 84 valence electrons. The highest BCUT2D eigenvalue weighted by atomic mass is 16.5. The van der Waals surface area contributed by atoms with Crippen LogP contribution in [-0.4, -0.2) is 17.3 Å². The average molecular weight is 210 g/mol. The molecule has 4 heteroatoms. The summed E-state index contributed by atoms with van der Waals surface area (Å²) in [5.74, 6) is 0.856. The zero-order valence-electron chi connectivity index (χ0n) is 9.32. The Bertz CT molecular complexity index is 316. The van der Waals surface area contributed by atoms with Gasteiger partial charge in [-0.25, -0.2) is 0 Å². The quantitative estimate of drug-likeness (QED) is 0.824. The van der Waals surface area contributed by atoms with Crippen molar-refractivity contribution < 1.29 is 9.26 Å². The van der Waals surface area contributed by atoms with E-state index >= 15 is 0 Å². The van der Waals surface area contributed by atoms with Crippen molar-refractivity contribution in [1.29, 1.82) is 0 Å². The van der Waals surface area contributed by atoms with Gasteiger partial charge in [0.25, 0.3) is 0 Å². The van der Waals surface area contributed by atoms with Crippen LogP contribution >= 0.6 is 0 Å². The first-order valence-electron chi connectivity index (χ1n) is 5.45. The smallest absolute Gasteiger partial charge is 0.139 e. The molecule has 2 rings (SSSR count). The number of nitrogens with two attached hydrogens (primary N) is 1. The fourth-order valence-corrected chi connectivity index (χ4v) is 2.03. The molecule has 0 saturated heterocycles. The molecule has 0 amide bonds. The predicted molar refractivity (Wildman–Crippen MR) is 56.4 cm³/mol. The van der Waals surface area contributed by atoms with Gasteiger partial charge < -0.3 is 15.0 Å². The van der Waals surface area contributed by atoms with E-state index in [0.717, 1.165) is 36.3 Å². The van der Waals surface area contributed by atoms with E-state index in [1.807, 2.05) is 13.8 Å². The van der Waals surface area contributed by atoms with Crippen molar-refractivity contribution in [2.45, 2.75) is 51.9 Å². The number of rotatable bonds is 3. The highest BCUT2D eigenvalue weighted by Gasteiger charge is 2.23. The summed E-state index contributed by atoms with van der Waals surface area (Å²) in [4.78, 5) is 0. The molecule has 1 aliphatic rings. The van der Waals surface area contributed by atoms with Crippen molar-refractivity contribution in [2.75, 3.05) is 0 Å². The minimum Gasteiger partial charge on any atom is -0.373 e. The molecule has 2 unspecified atom stereocenters. The third kappa shape index (κ3) is 2.38. The summed E-state index contributed by atoms with van der Waals surface area (Å²) in [5, 5.41) is 3.90. The second-order valence-electron chi connectivity index (χ2n) is 4.31. The molecular weight excluding hydrogens is 192 g/mol. The van der Waals surface area contributed by atoms with Crippen molar-refractivity contribution in [3.05, 3.63) is 17.0 Å². The molecule has 0 aliphatic heterocycles. The van der Waals surface area contributed by atoms with Gasteiger partial charge in [0.05, 0.1) is 18.4 Å². The molecule has 2 N–H and O–H groups in total. The minimum absolute atomic E-state index is 0.314. The van der Waals surface area contributed by atoms with Gasteiger partial charge in [0, 0.05) is 11.6 Å². The van der Waals surface area contributed by atoms with Crippen LogP contribution in [-0.2, 0) is 11.3 Å². The lowest BCUT2D eigenvalue weighted by molar-refractivity contribution is 0.0440. The fourth-order valence-electron chi connectivity index (χ4n) is 2.03. The SMILES string of the molecule is Cc1noc(C)c1COC1CCC(N)C1. The van der Waals surface area contributed by atoms with Crippen LogP contribution in [0.15, 0.2) is 4.52 Å². The third-order valence-corrected chi connectivity index (χ3v) is 3.07. The fraction of sp³-hybridized carbons (Fsp3) is 0.727. The zero-order valence-corrected chi connectivity index (χ0v) is 9.32. The highest BCUT2D eigenvalue weighted by molar-refractivity contribution is 5.19. The van der Waals surface area contributed by atoms with E-state index in [1.165, 1.54) is 0 Å². The number of hydrogen-bond donors (Lipinski definition) is 1. The van der Waals surface area contributed by atoms with Gasteiger partial charge in [0.2, 0.25) is 0 Å². The number of aryl methyl sites for hydroxylation is 2. The molecular formula is C11H18N2O2. The average Bonchev–Trinajstić information content (AvgIpc) is 2.73. The molecule has 1 aliphatic carbocycles. The first kappa shape index (κ1) is 10.6. The molecule has 0 radical (unpaired) electrons. The van der Waals surface area contributed by atoms with Gasteiger partial charge in [-0.15, -0.1) is 0 Å². The first-order valence-corrected chi connectivity index (χ1v) is 5.45. The van der Waals surface area contributed by atoms with Crippen LogP contribution in [0.3, 0.4) is 0 Å². The minimum atomic E-state index is 0.314. The Balaban J connectivity index is 1.88. The topological polar surface area (TPSA) is 61.3 Å². The molecule has 2 atom stereocenters. The number of ether oxygens (including phenoxy) is 1. The highest BCUT2D eigenvalue weighted by Crippen LogP contribution is 2.23. The second-order valence-corrected chi connectivity index (χ2v) is 4.31. The monoisotopic (exact) mass is 210 g/mol. The summed E-state index contributed by atoms with van der Waals surface area (Å²) in [6.45, 7) is 4.45. The Hall–Kier alpha value is -0.870. The summed E-state index contributed by atoms with van der Waals surface area (Å²) in [6, 6.07) is 0.319. The lowest BCUT2D eigenvalue weighted by atomic mass is 10.2. The largest absolute Gasteiger partial charge is 0.373 e. The van der Waals surface area contributed by atoms with Crippen LogP contribution in [0, 0.1) is 13.8 Å². The number of aromatic nitrogens is 1. The predicted octanol–water partition coefficient (Wildman–Crippen LogP) is 1.69. The van der Waals surface area contributed by atoms with Crippen LogP contribution in [0.4, 0.5) is 0 Å². The maximum atomic E-state index is 5.82. The van der Waals surface area contributed by atoms with Crippen molar-refractivity contribution in [3.8, 4) is 0 Å². The van der Waals surface area contributed by atoms with E-state index in [2.05, 4.69) is 5.16 Å². The summed E-state index contributed by atoms with van der Waals surface area (Å²) >= 11 is 0. The molecule has 1 saturated carbocycles. The van der Waals surface area contributed by atoms with Crippen LogP contribution in [0.2, 0.25) is 0 Å². The molecule has 0 aromatic carbocycles. The standard InChI is InChI=1S/C11H18N2O2/c1-7-11(8(2)15-13-7)6-14-10-4-3-9(12)5-10/h9-10H,3-6,12H2,1-2H3. The zero-order chi connectivity index (χ0) is 10.8. The maximum absolute atomic E-state index is 5.82. The van der Waals surface area contributed by atoms with Crippen LogP contribution in [0.25, 0.3) is 0 Å². The molecule has 1 fully saturated rings. The van der Waals surface area contributed by atoms with Crippen LogP contribution < -0.4 is 5.73 Å². The van der Waals surface area contributed by atoms with Gasteiger partial charge in [-0.3, -0.25) is 0 Å². The van der Waals surface area contributed by atoms with E-state index in [1.54, 1.807) is 0 Å². The van der Waals surface area contributed by atoms with E-state index in [4.69, 9.17) is 15.0 Å². The van der Waals surface area contributed by atoms with Crippen molar-refractivity contribution >= 4 is 0 Å². The second kappa shape index (κ2) is 4.33. The Morgan fingerprint density at radius 2 is 2.27 bits per heavy atom. The van der Waals surface area contributed by atoms with Crippen LogP contribution in [0.5, 0.6) is 0 Å². The molecule has 1 aromatic rings. The number of hydrogen-bond acceptors (Lipinski definition) is 4. The van der Waals surface area contributed by atoms with Gasteiger partial charge in [0.1, 0.15) is 5.76 Å². The van der Waals surface area contributed by atoms with Gasteiger partial charge in [-0.2, -0.15) is 0 Å².